The van der Waals surface area contributed by atoms with E-state index in [4.69, 9.17) is 10.3 Å². The van der Waals surface area contributed by atoms with Crippen LogP contribution >= 0.6 is 0 Å². The molecule has 1 aromatic rings. The molecule has 94 valence electrons. The van der Waals surface area contributed by atoms with Crippen molar-refractivity contribution in [3.8, 4) is 0 Å². The van der Waals surface area contributed by atoms with Crippen LogP contribution in [0.15, 0.2) is 35.4 Å². The summed E-state index contributed by atoms with van der Waals surface area (Å²) < 4.78 is 5.16. The Kier molecular flexibility index (Phi) is 3.53. The van der Waals surface area contributed by atoms with E-state index in [-0.39, 0.29) is 11.9 Å². The molecule has 2 unspecified atom stereocenters. The van der Waals surface area contributed by atoms with Gasteiger partial charge in [0.25, 0.3) is 0 Å². The van der Waals surface area contributed by atoms with E-state index in [1.54, 1.807) is 6.92 Å². The highest BCUT2D eigenvalue weighted by atomic mass is 16.5. The lowest BCUT2D eigenvalue weighted by Gasteiger charge is -2.15. The van der Waals surface area contributed by atoms with Crippen molar-refractivity contribution in [3.05, 3.63) is 46.3 Å². The maximum absolute atomic E-state index is 12.1. The number of nitrogens with zero attached hydrogens (tertiary/aromatic N) is 3. The van der Waals surface area contributed by atoms with E-state index in [2.05, 4.69) is 10.0 Å². The number of carbonyl (C=O) groups excluding carboxylic acids is 1. The number of esters is 1. The average molecular weight is 245 g/mol. The summed E-state index contributed by atoms with van der Waals surface area (Å²) in [5.41, 5.74) is 8.71. The maximum Gasteiger partial charge on any atom is 0.316 e. The van der Waals surface area contributed by atoms with Gasteiger partial charge in [0.2, 0.25) is 0 Å². The smallest absolute Gasteiger partial charge is 0.316 e. The lowest BCUT2D eigenvalue weighted by Crippen LogP contribution is -2.26. The minimum atomic E-state index is -0.606. The van der Waals surface area contributed by atoms with Crippen molar-refractivity contribution in [3.63, 3.8) is 0 Å². The van der Waals surface area contributed by atoms with E-state index in [9.17, 15) is 4.79 Å². The van der Waals surface area contributed by atoms with Gasteiger partial charge in [0.15, 0.2) is 0 Å². The molecule has 1 aliphatic rings. The maximum atomic E-state index is 12.1. The summed E-state index contributed by atoms with van der Waals surface area (Å²) in [5.74, 6) is -0.163. The molecule has 0 heterocycles. The molecule has 18 heavy (non-hydrogen) atoms. The van der Waals surface area contributed by atoms with Crippen LogP contribution in [0.3, 0.4) is 0 Å². The Morgan fingerprint density at radius 1 is 1.56 bits per heavy atom. The van der Waals surface area contributed by atoms with E-state index >= 15 is 0 Å². The van der Waals surface area contributed by atoms with Crippen LogP contribution in [0.2, 0.25) is 0 Å². The van der Waals surface area contributed by atoms with Gasteiger partial charge in [-0.25, -0.2) is 0 Å². The van der Waals surface area contributed by atoms with Crippen LogP contribution < -0.4 is 0 Å². The number of benzene rings is 1. The molecular weight excluding hydrogens is 230 g/mol. The monoisotopic (exact) mass is 245 g/mol. The van der Waals surface area contributed by atoms with Gasteiger partial charge in [-0.05, 0) is 30.4 Å². The lowest BCUT2D eigenvalue weighted by atomic mass is 9.93. The molecule has 2 rings (SSSR count). The first-order valence-corrected chi connectivity index (χ1v) is 5.99. The molecule has 0 aromatic heterocycles. The number of ether oxygens (including phenoxy) is 1. The van der Waals surface area contributed by atoms with Gasteiger partial charge in [0.05, 0.1) is 12.0 Å². The molecule has 0 spiro atoms. The Bertz CT molecular complexity index is 482. The molecule has 2 atom stereocenters. The van der Waals surface area contributed by atoms with Gasteiger partial charge in [-0.3, -0.25) is 4.79 Å². The van der Waals surface area contributed by atoms with Gasteiger partial charge in [-0.2, -0.15) is 0 Å². The highest BCUT2D eigenvalue weighted by molar-refractivity contribution is 5.87. The van der Waals surface area contributed by atoms with Gasteiger partial charge in [-0.15, -0.1) is 0 Å². The highest BCUT2D eigenvalue weighted by Crippen LogP contribution is 2.55. The van der Waals surface area contributed by atoms with Gasteiger partial charge >= 0.3 is 5.97 Å². The lowest BCUT2D eigenvalue weighted by molar-refractivity contribution is -0.146. The second-order valence-electron chi connectivity index (χ2n) is 4.37. The number of carbonyl (C=O) groups is 1. The van der Waals surface area contributed by atoms with Crippen molar-refractivity contribution in [1.82, 2.24) is 0 Å². The van der Waals surface area contributed by atoms with Crippen molar-refractivity contribution in [1.29, 1.82) is 0 Å². The van der Waals surface area contributed by atoms with Crippen molar-refractivity contribution >= 4 is 5.97 Å². The van der Waals surface area contributed by atoms with Crippen molar-refractivity contribution in [2.45, 2.75) is 18.8 Å². The summed E-state index contributed by atoms with van der Waals surface area (Å²) in [4.78, 5) is 14.9. The molecule has 0 radical (unpaired) electrons. The van der Waals surface area contributed by atoms with E-state index in [1.807, 2.05) is 30.3 Å². The molecule has 1 aromatic carbocycles. The standard InChI is InChI=1S/C13H15N3O2/c1-2-18-12(17)13(8-11(13)9-15-16-14)10-6-4-3-5-7-10/h3-7,11H,2,8-9H2,1H3. The summed E-state index contributed by atoms with van der Waals surface area (Å²) in [6.07, 6.45) is 0.689. The summed E-state index contributed by atoms with van der Waals surface area (Å²) in [7, 11) is 0. The normalized spacial score (nSPS) is 25.1. The molecule has 0 N–H and O–H groups in total. The van der Waals surface area contributed by atoms with Crippen LogP contribution in [0.1, 0.15) is 18.9 Å². The topological polar surface area (TPSA) is 75.1 Å². The number of azide groups is 1. The Morgan fingerprint density at radius 2 is 2.28 bits per heavy atom. The average Bonchev–Trinajstić information content (AvgIpc) is 3.13. The molecule has 0 aliphatic heterocycles. The molecule has 5 heteroatoms. The first-order chi connectivity index (χ1) is 8.75. The Labute approximate surface area is 105 Å². The van der Waals surface area contributed by atoms with Crippen LogP contribution in [0, 0.1) is 5.92 Å². The van der Waals surface area contributed by atoms with Crippen LogP contribution in [-0.2, 0) is 14.9 Å². The van der Waals surface area contributed by atoms with Crippen molar-refractivity contribution in [2.75, 3.05) is 13.2 Å². The fourth-order valence-electron chi connectivity index (χ4n) is 2.40. The molecule has 0 bridgehead atoms. The Morgan fingerprint density at radius 3 is 2.89 bits per heavy atom. The molecule has 1 fully saturated rings. The Balaban J connectivity index is 2.26. The number of hydrogen-bond acceptors (Lipinski definition) is 3. The fraction of sp³-hybridized carbons (Fsp3) is 0.462. The zero-order chi connectivity index (χ0) is 13.0. The van der Waals surface area contributed by atoms with E-state index in [0.29, 0.717) is 19.6 Å². The second kappa shape index (κ2) is 5.10. The second-order valence-corrected chi connectivity index (χ2v) is 4.37. The summed E-state index contributed by atoms with van der Waals surface area (Å²) in [6, 6.07) is 9.56. The third kappa shape index (κ3) is 2.05. The first kappa shape index (κ1) is 12.5. The third-order valence-corrected chi connectivity index (χ3v) is 3.40. The predicted octanol–water partition coefficient (Wildman–Crippen LogP) is 2.82. The van der Waals surface area contributed by atoms with Gasteiger partial charge in [0, 0.05) is 11.5 Å². The summed E-state index contributed by atoms with van der Waals surface area (Å²) >= 11 is 0. The predicted molar refractivity (Wildman–Crippen MR) is 66.9 cm³/mol. The van der Waals surface area contributed by atoms with Crippen LogP contribution in [0.25, 0.3) is 10.4 Å². The number of rotatable bonds is 5. The largest absolute Gasteiger partial charge is 0.465 e. The summed E-state index contributed by atoms with van der Waals surface area (Å²) in [6.45, 7) is 2.49. The molecule has 0 amide bonds. The van der Waals surface area contributed by atoms with Crippen molar-refractivity contribution in [2.24, 2.45) is 11.0 Å². The molecule has 5 nitrogen and oxygen atoms in total. The van der Waals surface area contributed by atoms with Gasteiger partial charge in [0.1, 0.15) is 0 Å². The van der Waals surface area contributed by atoms with Crippen LogP contribution in [-0.4, -0.2) is 19.1 Å². The minimum Gasteiger partial charge on any atom is -0.465 e. The minimum absolute atomic E-state index is 0.0508. The van der Waals surface area contributed by atoms with Gasteiger partial charge in [-0.1, -0.05) is 35.4 Å². The molecular formula is C13H15N3O2. The third-order valence-electron chi connectivity index (χ3n) is 3.40. The Hall–Kier alpha value is -2.00. The van der Waals surface area contributed by atoms with Crippen molar-refractivity contribution < 1.29 is 9.53 Å². The first-order valence-electron chi connectivity index (χ1n) is 5.99. The molecule has 1 aliphatic carbocycles. The SMILES string of the molecule is CCOC(=O)C1(c2ccccc2)CC1CN=[N+]=[N-]. The molecule has 1 saturated carbocycles. The van der Waals surface area contributed by atoms with Crippen LogP contribution in [0.5, 0.6) is 0 Å². The summed E-state index contributed by atoms with van der Waals surface area (Å²) in [5, 5.41) is 3.57. The fourth-order valence-corrected chi connectivity index (χ4v) is 2.40. The quantitative estimate of drug-likeness (QED) is 0.346. The van der Waals surface area contributed by atoms with E-state index in [1.165, 1.54) is 0 Å². The zero-order valence-corrected chi connectivity index (χ0v) is 10.2. The number of hydrogen-bond donors (Lipinski definition) is 0. The van der Waals surface area contributed by atoms with Crippen LogP contribution in [0.4, 0.5) is 0 Å². The highest BCUT2D eigenvalue weighted by Gasteiger charge is 2.61. The van der Waals surface area contributed by atoms with E-state index < -0.39 is 5.41 Å². The zero-order valence-electron chi connectivity index (χ0n) is 10.2. The van der Waals surface area contributed by atoms with E-state index in [0.717, 1.165) is 5.56 Å². The molecule has 0 saturated heterocycles. The van der Waals surface area contributed by atoms with Gasteiger partial charge < -0.3 is 4.74 Å².